The minimum Gasteiger partial charge on any atom is -0.369 e. The third-order valence-corrected chi connectivity index (χ3v) is 3.46. The molecule has 0 bridgehead atoms. The van der Waals surface area contributed by atoms with Gasteiger partial charge in [0.2, 0.25) is 0 Å². The van der Waals surface area contributed by atoms with Crippen LogP contribution in [0.25, 0.3) is 0 Å². The molecule has 2 aromatic heterocycles. The molecule has 20 heavy (non-hydrogen) atoms. The summed E-state index contributed by atoms with van der Waals surface area (Å²) in [5.41, 5.74) is 2.36. The smallest absolute Gasteiger partial charge is 0.140 e. The predicted molar refractivity (Wildman–Crippen MR) is 85.7 cm³/mol. The Labute approximate surface area is 128 Å². The van der Waals surface area contributed by atoms with Crippen LogP contribution in [0.3, 0.4) is 0 Å². The second-order valence-corrected chi connectivity index (χ2v) is 5.52. The first-order valence-corrected chi connectivity index (χ1v) is 7.50. The maximum atomic E-state index is 4.36. The fraction of sp³-hybridized carbons (Fsp3) is 0.333. The summed E-state index contributed by atoms with van der Waals surface area (Å²) < 4.78 is 1.01. The summed E-state index contributed by atoms with van der Waals surface area (Å²) in [6.07, 6.45) is 6.59. The fourth-order valence-electron chi connectivity index (χ4n) is 1.82. The number of aryl methyl sites for hydroxylation is 1. The van der Waals surface area contributed by atoms with Crippen LogP contribution in [0.15, 0.2) is 41.3 Å². The molecular weight excluding hydrogens is 316 g/mol. The van der Waals surface area contributed by atoms with Gasteiger partial charge in [0.1, 0.15) is 5.82 Å². The number of nitrogens with zero attached hydrogens (tertiary/aromatic N) is 2. The number of aromatic nitrogens is 2. The number of halogens is 1. The average Bonchev–Trinajstić information content (AvgIpc) is 2.46. The highest BCUT2D eigenvalue weighted by molar-refractivity contribution is 9.10. The lowest BCUT2D eigenvalue weighted by molar-refractivity contribution is 0.661. The van der Waals surface area contributed by atoms with Crippen molar-refractivity contribution in [3.8, 4) is 0 Å². The highest BCUT2D eigenvalue weighted by Crippen LogP contribution is 2.20. The van der Waals surface area contributed by atoms with E-state index in [0.717, 1.165) is 41.9 Å². The number of pyridine rings is 2. The van der Waals surface area contributed by atoms with E-state index in [-0.39, 0.29) is 0 Å². The molecule has 0 fully saturated rings. The molecule has 0 aliphatic heterocycles. The molecule has 2 aromatic rings. The molecule has 0 spiro atoms. The van der Waals surface area contributed by atoms with Crippen LogP contribution in [0.2, 0.25) is 0 Å². The molecule has 0 radical (unpaired) electrons. The molecule has 2 heterocycles. The first-order chi connectivity index (χ1) is 9.75. The quantitative estimate of drug-likeness (QED) is 0.764. The van der Waals surface area contributed by atoms with Gasteiger partial charge in [0.15, 0.2) is 0 Å². The van der Waals surface area contributed by atoms with Gasteiger partial charge in [-0.05, 0) is 59.1 Å². The van der Waals surface area contributed by atoms with Gasteiger partial charge >= 0.3 is 0 Å². The van der Waals surface area contributed by atoms with Crippen LogP contribution >= 0.6 is 15.9 Å². The number of rotatable bonds is 7. The van der Waals surface area contributed by atoms with Gasteiger partial charge in [0.05, 0.1) is 4.47 Å². The lowest BCUT2D eigenvalue weighted by Crippen LogP contribution is -2.18. The summed E-state index contributed by atoms with van der Waals surface area (Å²) in [6.45, 7) is 4.75. The van der Waals surface area contributed by atoms with Crippen molar-refractivity contribution in [1.29, 1.82) is 0 Å². The van der Waals surface area contributed by atoms with Gasteiger partial charge in [-0.25, -0.2) is 4.98 Å². The Balaban J connectivity index is 1.62. The van der Waals surface area contributed by atoms with Crippen molar-refractivity contribution in [2.75, 3.05) is 18.4 Å². The van der Waals surface area contributed by atoms with Gasteiger partial charge in [-0.15, -0.1) is 0 Å². The van der Waals surface area contributed by atoms with E-state index in [4.69, 9.17) is 0 Å². The molecular formula is C15H19BrN4. The molecule has 0 atom stereocenters. The SMILES string of the molecule is Cc1cnc(NCCCNCc2cccnc2)c(Br)c1. The second kappa shape index (κ2) is 7.97. The zero-order valence-electron chi connectivity index (χ0n) is 11.6. The molecule has 0 saturated carbocycles. The molecule has 4 nitrogen and oxygen atoms in total. The summed E-state index contributed by atoms with van der Waals surface area (Å²) in [5.74, 6) is 0.905. The van der Waals surface area contributed by atoms with Crippen LogP contribution in [0.5, 0.6) is 0 Å². The van der Waals surface area contributed by atoms with Gasteiger partial charge in [-0.1, -0.05) is 6.07 Å². The summed E-state index contributed by atoms with van der Waals surface area (Å²) in [7, 11) is 0. The monoisotopic (exact) mass is 334 g/mol. The van der Waals surface area contributed by atoms with E-state index in [9.17, 15) is 0 Å². The Bertz CT molecular complexity index is 531. The van der Waals surface area contributed by atoms with E-state index >= 15 is 0 Å². The van der Waals surface area contributed by atoms with Crippen molar-refractivity contribution in [1.82, 2.24) is 15.3 Å². The van der Waals surface area contributed by atoms with Gasteiger partial charge in [-0.3, -0.25) is 4.98 Å². The van der Waals surface area contributed by atoms with E-state index in [2.05, 4.69) is 48.7 Å². The third kappa shape index (κ3) is 4.90. The van der Waals surface area contributed by atoms with Crippen molar-refractivity contribution < 1.29 is 0 Å². The maximum absolute atomic E-state index is 4.36. The predicted octanol–water partition coefficient (Wildman–Crippen LogP) is 3.14. The van der Waals surface area contributed by atoms with Crippen molar-refractivity contribution in [3.05, 3.63) is 52.4 Å². The highest BCUT2D eigenvalue weighted by Gasteiger charge is 2.00. The number of hydrogen-bond donors (Lipinski definition) is 2. The van der Waals surface area contributed by atoms with Gasteiger partial charge < -0.3 is 10.6 Å². The highest BCUT2D eigenvalue weighted by atomic mass is 79.9. The Morgan fingerprint density at radius 3 is 2.90 bits per heavy atom. The Morgan fingerprint density at radius 1 is 1.25 bits per heavy atom. The van der Waals surface area contributed by atoms with Crippen LogP contribution in [-0.2, 0) is 6.54 Å². The second-order valence-electron chi connectivity index (χ2n) is 4.66. The van der Waals surface area contributed by atoms with Gasteiger partial charge in [-0.2, -0.15) is 0 Å². The Morgan fingerprint density at radius 2 is 2.15 bits per heavy atom. The molecule has 0 amide bonds. The standard InChI is InChI=1S/C15H19BrN4/c1-12-8-14(16)15(20-9-12)19-7-3-6-18-11-13-4-2-5-17-10-13/h2,4-5,8-10,18H,3,6-7,11H2,1H3,(H,19,20). The summed E-state index contributed by atoms with van der Waals surface area (Å²) in [5, 5.41) is 6.73. The van der Waals surface area contributed by atoms with Crippen LogP contribution in [0, 0.1) is 6.92 Å². The number of hydrogen-bond acceptors (Lipinski definition) is 4. The van der Waals surface area contributed by atoms with Crippen LogP contribution in [0.1, 0.15) is 17.5 Å². The van der Waals surface area contributed by atoms with Crippen molar-refractivity contribution in [2.24, 2.45) is 0 Å². The minimum absolute atomic E-state index is 0.861. The first kappa shape index (κ1) is 14.9. The van der Waals surface area contributed by atoms with Crippen molar-refractivity contribution >= 4 is 21.7 Å². The van der Waals surface area contributed by atoms with Crippen molar-refractivity contribution in [3.63, 3.8) is 0 Å². The molecule has 106 valence electrons. The molecule has 2 rings (SSSR count). The zero-order chi connectivity index (χ0) is 14.2. The zero-order valence-corrected chi connectivity index (χ0v) is 13.2. The Hall–Kier alpha value is -1.46. The van der Waals surface area contributed by atoms with Crippen LogP contribution in [-0.4, -0.2) is 23.1 Å². The van der Waals surface area contributed by atoms with Crippen LogP contribution in [0.4, 0.5) is 5.82 Å². The maximum Gasteiger partial charge on any atom is 0.140 e. The molecule has 0 saturated heterocycles. The molecule has 5 heteroatoms. The Kier molecular flexibility index (Phi) is 5.95. The first-order valence-electron chi connectivity index (χ1n) is 6.71. The van der Waals surface area contributed by atoms with Crippen molar-refractivity contribution in [2.45, 2.75) is 19.9 Å². The molecule has 0 aromatic carbocycles. The van der Waals surface area contributed by atoms with E-state index in [1.54, 1.807) is 6.20 Å². The van der Waals surface area contributed by atoms with Gasteiger partial charge in [0.25, 0.3) is 0 Å². The largest absolute Gasteiger partial charge is 0.369 e. The topological polar surface area (TPSA) is 49.8 Å². The molecule has 0 aliphatic carbocycles. The lowest BCUT2D eigenvalue weighted by Gasteiger charge is -2.08. The normalized spacial score (nSPS) is 10.5. The third-order valence-electron chi connectivity index (χ3n) is 2.85. The van der Waals surface area contributed by atoms with E-state index in [0.29, 0.717) is 0 Å². The summed E-state index contributed by atoms with van der Waals surface area (Å²) >= 11 is 3.51. The minimum atomic E-state index is 0.861. The molecule has 0 unspecified atom stereocenters. The van der Waals surface area contributed by atoms with Crippen LogP contribution < -0.4 is 10.6 Å². The average molecular weight is 335 g/mol. The van der Waals surface area contributed by atoms with E-state index in [1.165, 1.54) is 5.56 Å². The van der Waals surface area contributed by atoms with E-state index in [1.807, 2.05) is 25.4 Å². The van der Waals surface area contributed by atoms with Gasteiger partial charge in [0, 0.05) is 31.7 Å². The number of anilines is 1. The molecule has 2 N–H and O–H groups in total. The summed E-state index contributed by atoms with van der Waals surface area (Å²) in [6, 6.07) is 6.10. The fourth-order valence-corrected chi connectivity index (χ4v) is 2.42. The summed E-state index contributed by atoms with van der Waals surface area (Å²) in [4.78, 5) is 8.45. The lowest BCUT2D eigenvalue weighted by atomic mass is 10.3. The number of nitrogens with one attached hydrogen (secondary N) is 2. The molecule has 0 aliphatic rings. The van der Waals surface area contributed by atoms with E-state index < -0.39 is 0 Å².